The van der Waals surface area contributed by atoms with Crippen LogP contribution in [0.4, 0.5) is 0 Å². The maximum atomic E-state index is 12.3. The Labute approximate surface area is 140 Å². The second kappa shape index (κ2) is 6.21. The molecule has 0 fully saturated rings. The molecule has 2 N–H and O–H groups in total. The van der Waals surface area contributed by atoms with Crippen LogP contribution in [0.3, 0.4) is 0 Å². The average molecular weight is 373 g/mol. The number of para-hydroxylation sites is 1. The van der Waals surface area contributed by atoms with E-state index in [0.717, 1.165) is 4.47 Å². The molecule has 6 nitrogen and oxygen atoms in total. The van der Waals surface area contributed by atoms with E-state index in [0.29, 0.717) is 16.6 Å². The zero-order valence-corrected chi connectivity index (χ0v) is 13.8. The van der Waals surface area contributed by atoms with Crippen molar-refractivity contribution in [2.75, 3.05) is 7.11 Å². The molecule has 0 amide bonds. The quantitative estimate of drug-likeness (QED) is 0.564. The molecule has 0 spiro atoms. The highest BCUT2D eigenvalue weighted by Crippen LogP contribution is 2.23. The first kappa shape index (κ1) is 15.2. The van der Waals surface area contributed by atoms with Gasteiger partial charge in [-0.1, -0.05) is 45.4 Å². The molecule has 3 aromatic rings. The normalized spacial score (nSPS) is 12.1. The highest BCUT2D eigenvalue weighted by Gasteiger charge is 2.21. The van der Waals surface area contributed by atoms with Crippen LogP contribution in [0.25, 0.3) is 22.4 Å². The number of hydrogen-bond acceptors (Lipinski definition) is 5. The van der Waals surface area contributed by atoms with Gasteiger partial charge in [-0.2, -0.15) is 0 Å². The van der Waals surface area contributed by atoms with Crippen molar-refractivity contribution >= 4 is 44.3 Å². The summed E-state index contributed by atoms with van der Waals surface area (Å²) in [5.74, 6) is -0.582. The Balaban J connectivity index is 2.24. The molecule has 0 radical (unpaired) electrons. The van der Waals surface area contributed by atoms with Crippen LogP contribution in [-0.2, 0) is 9.53 Å². The van der Waals surface area contributed by atoms with E-state index in [-0.39, 0.29) is 11.4 Å². The van der Waals surface area contributed by atoms with Crippen molar-refractivity contribution < 1.29 is 9.53 Å². The van der Waals surface area contributed by atoms with Gasteiger partial charge < -0.3 is 10.5 Å². The van der Waals surface area contributed by atoms with Gasteiger partial charge in [-0.3, -0.25) is 0 Å². The first-order chi connectivity index (χ1) is 11.1. The number of nitrogens with two attached hydrogens (primary N) is 1. The molecule has 0 aliphatic heterocycles. The number of methoxy groups -OCH3 is 1. The smallest absolute Gasteiger partial charge is 0.358 e. The molecule has 0 saturated carbocycles. The molecule has 1 aromatic heterocycles. The number of benzene rings is 2. The van der Waals surface area contributed by atoms with E-state index in [1.165, 1.54) is 11.8 Å². The van der Waals surface area contributed by atoms with E-state index in [2.05, 4.69) is 26.2 Å². The predicted molar refractivity (Wildman–Crippen MR) is 91.0 cm³/mol. The lowest BCUT2D eigenvalue weighted by Gasteiger charge is -2.11. The Morgan fingerprint density at radius 1 is 1.17 bits per heavy atom. The summed E-state index contributed by atoms with van der Waals surface area (Å²) in [6, 6.07) is 14.6. The summed E-state index contributed by atoms with van der Waals surface area (Å²) in [4.78, 5) is 12.3. The average Bonchev–Trinajstić information content (AvgIpc) is 2.99. The van der Waals surface area contributed by atoms with Crippen LogP contribution < -0.4 is 5.73 Å². The number of carbonyl (C=O) groups is 1. The van der Waals surface area contributed by atoms with Crippen molar-refractivity contribution in [2.24, 2.45) is 5.73 Å². The van der Waals surface area contributed by atoms with Crippen LogP contribution in [0.1, 0.15) is 5.56 Å². The standard InChI is InChI=1S/C16H13BrN4O2/c1-23-16(22)15(14(18)10-6-8-11(17)9-7-10)21-13-5-3-2-4-12(13)19-20-21/h2-9H,18H2,1H3/b15-14+. The zero-order chi connectivity index (χ0) is 16.4. The number of aromatic nitrogens is 3. The van der Waals surface area contributed by atoms with Gasteiger partial charge in [0.15, 0.2) is 5.70 Å². The molecule has 0 saturated heterocycles. The van der Waals surface area contributed by atoms with Crippen molar-refractivity contribution in [1.29, 1.82) is 0 Å². The van der Waals surface area contributed by atoms with E-state index in [9.17, 15) is 4.79 Å². The fraction of sp³-hybridized carbons (Fsp3) is 0.0625. The second-order valence-corrected chi connectivity index (χ2v) is 5.67. The maximum Gasteiger partial charge on any atom is 0.358 e. The van der Waals surface area contributed by atoms with Crippen molar-refractivity contribution in [1.82, 2.24) is 15.0 Å². The van der Waals surface area contributed by atoms with Crippen molar-refractivity contribution in [3.05, 3.63) is 58.6 Å². The molecule has 1 heterocycles. The summed E-state index contributed by atoms with van der Waals surface area (Å²) in [5.41, 5.74) is 8.64. The number of hydrogen-bond donors (Lipinski definition) is 1. The number of esters is 1. The monoisotopic (exact) mass is 372 g/mol. The molecule has 7 heteroatoms. The van der Waals surface area contributed by atoms with Crippen LogP contribution in [0, 0.1) is 0 Å². The number of carbonyl (C=O) groups excluding carboxylic acids is 1. The minimum Gasteiger partial charge on any atom is -0.464 e. The number of halogens is 1. The van der Waals surface area contributed by atoms with Gasteiger partial charge in [0.25, 0.3) is 0 Å². The fourth-order valence-electron chi connectivity index (χ4n) is 2.21. The number of fused-ring (bicyclic) bond motifs is 1. The summed E-state index contributed by atoms with van der Waals surface area (Å²) in [5, 5.41) is 8.10. The van der Waals surface area contributed by atoms with Crippen molar-refractivity contribution in [3.8, 4) is 0 Å². The largest absolute Gasteiger partial charge is 0.464 e. The summed E-state index contributed by atoms with van der Waals surface area (Å²) in [6.07, 6.45) is 0. The maximum absolute atomic E-state index is 12.3. The molecular weight excluding hydrogens is 360 g/mol. The topological polar surface area (TPSA) is 83.0 Å². The van der Waals surface area contributed by atoms with Crippen molar-refractivity contribution in [3.63, 3.8) is 0 Å². The Bertz CT molecular complexity index is 900. The first-order valence-electron chi connectivity index (χ1n) is 6.76. The molecule has 0 aliphatic rings. The van der Waals surface area contributed by atoms with E-state index in [4.69, 9.17) is 10.5 Å². The Kier molecular flexibility index (Phi) is 4.12. The predicted octanol–water partition coefficient (Wildman–Crippen LogP) is 2.65. The lowest BCUT2D eigenvalue weighted by atomic mass is 10.1. The summed E-state index contributed by atoms with van der Waals surface area (Å²) < 4.78 is 7.19. The summed E-state index contributed by atoms with van der Waals surface area (Å²) in [6.45, 7) is 0. The number of ether oxygens (including phenoxy) is 1. The molecule has 2 aromatic carbocycles. The van der Waals surface area contributed by atoms with Crippen LogP contribution in [0.2, 0.25) is 0 Å². The third-order valence-corrected chi connectivity index (χ3v) is 3.88. The van der Waals surface area contributed by atoms with Crippen LogP contribution >= 0.6 is 15.9 Å². The van der Waals surface area contributed by atoms with Gasteiger partial charge in [0.05, 0.1) is 18.3 Å². The van der Waals surface area contributed by atoms with Gasteiger partial charge in [-0.05, 0) is 29.8 Å². The minimum atomic E-state index is -0.582. The van der Waals surface area contributed by atoms with Gasteiger partial charge in [-0.15, -0.1) is 5.10 Å². The van der Waals surface area contributed by atoms with Crippen LogP contribution in [0.5, 0.6) is 0 Å². The lowest BCUT2D eigenvalue weighted by molar-refractivity contribution is -0.134. The minimum absolute atomic E-state index is 0.128. The molecule has 0 unspecified atom stereocenters. The summed E-state index contributed by atoms with van der Waals surface area (Å²) in [7, 11) is 1.30. The first-order valence-corrected chi connectivity index (χ1v) is 7.56. The Hall–Kier alpha value is -2.67. The van der Waals surface area contributed by atoms with Gasteiger partial charge in [0.2, 0.25) is 0 Å². The SMILES string of the molecule is COC(=O)/C(=C(\N)c1ccc(Br)cc1)n1nnc2ccccc21. The molecule has 0 atom stereocenters. The van der Waals surface area contributed by atoms with Crippen molar-refractivity contribution in [2.45, 2.75) is 0 Å². The van der Waals surface area contributed by atoms with E-state index in [1.54, 1.807) is 0 Å². The lowest BCUT2D eigenvalue weighted by Crippen LogP contribution is -2.17. The fourth-order valence-corrected chi connectivity index (χ4v) is 2.47. The van der Waals surface area contributed by atoms with Crippen LogP contribution in [0.15, 0.2) is 53.0 Å². The van der Waals surface area contributed by atoms with Gasteiger partial charge >= 0.3 is 5.97 Å². The Morgan fingerprint density at radius 2 is 1.87 bits per heavy atom. The van der Waals surface area contributed by atoms with Crippen LogP contribution in [-0.4, -0.2) is 28.1 Å². The van der Waals surface area contributed by atoms with Gasteiger partial charge in [-0.25, -0.2) is 9.48 Å². The molecule has 0 aliphatic carbocycles. The molecular formula is C16H13BrN4O2. The third-order valence-electron chi connectivity index (χ3n) is 3.35. The molecule has 116 valence electrons. The zero-order valence-electron chi connectivity index (χ0n) is 12.2. The van der Waals surface area contributed by atoms with Gasteiger partial charge in [0.1, 0.15) is 5.52 Å². The van der Waals surface area contributed by atoms with E-state index < -0.39 is 5.97 Å². The second-order valence-electron chi connectivity index (χ2n) is 4.75. The molecule has 3 rings (SSSR count). The highest BCUT2D eigenvalue weighted by atomic mass is 79.9. The number of nitrogens with zero attached hydrogens (tertiary/aromatic N) is 3. The molecule has 23 heavy (non-hydrogen) atoms. The third kappa shape index (κ3) is 2.83. The number of rotatable bonds is 3. The summed E-state index contributed by atoms with van der Waals surface area (Å²) >= 11 is 3.37. The van der Waals surface area contributed by atoms with E-state index >= 15 is 0 Å². The molecule has 0 bridgehead atoms. The van der Waals surface area contributed by atoms with E-state index in [1.807, 2.05) is 48.5 Å². The highest BCUT2D eigenvalue weighted by molar-refractivity contribution is 9.10. The van der Waals surface area contributed by atoms with Gasteiger partial charge in [0, 0.05) is 4.47 Å². The Morgan fingerprint density at radius 3 is 2.57 bits per heavy atom.